The molecule has 0 spiro atoms. The van der Waals surface area contributed by atoms with Crippen LogP contribution in [-0.4, -0.2) is 30.1 Å². The summed E-state index contributed by atoms with van der Waals surface area (Å²) >= 11 is 0. The molecule has 0 aromatic carbocycles. The molecule has 0 saturated carbocycles. The van der Waals surface area contributed by atoms with Gasteiger partial charge in [0.25, 0.3) is 0 Å². The van der Waals surface area contributed by atoms with E-state index >= 15 is 0 Å². The smallest absolute Gasteiger partial charge is 0.317 e. The summed E-state index contributed by atoms with van der Waals surface area (Å²) in [7, 11) is 0. The average molecular weight is 198 g/mol. The summed E-state index contributed by atoms with van der Waals surface area (Å²) in [6.45, 7) is 8.23. The van der Waals surface area contributed by atoms with Crippen LogP contribution in [-0.2, 0) is 0 Å². The molecule has 0 aliphatic carbocycles. The number of hydrogen-bond acceptors (Lipinski definition) is 1. The number of hydrogen-bond donors (Lipinski definition) is 1. The molecule has 0 aromatic rings. The number of nitrogens with one attached hydrogen (secondary N) is 1. The lowest BCUT2D eigenvalue weighted by atomic mass is 10.00. The van der Waals surface area contributed by atoms with Gasteiger partial charge in [-0.25, -0.2) is 4.79 Å². The highest BCUT2D eigenvalue weighted by molar-refractivity contribution is 5.74. The van der Waals surface area contributed by atoms with Crippen LogP contribution in [0, 0.1) is 5.92 Å². The first kappa shape index (κ1) is 11.3. The molecule has 0 aromatic heterocycles. The molecule has 1 rings (SSSR count). The van der Waals surface area contributed by atoms with E-state index in [2.05, 4.69) is 19.2 Å². The van der Waals surface area contributed by atoms with Crippen molar-refractivity contribution in [2.24, 2.45) is 5.92 Å². The molecule has 82 valence electrons. The molecule has 1 aliphatic rings. The molecular weight excluding hydrogens is 176 g/mol. The summed E-state index contributed by atoms with van der Waals surface area (Å²) in [5, 5.41) is 3.00. The zero-order valence-electron chi connectivity index (χ0n) is 9.55. The summed E-state index contributed by atoms with van der Waals surface area (Å²) in [6, 6.07) is 0.410. The van der Waals surface area contributed by atoms with Crippen molar-refractivity contribution >= 4 is 6.03 Å². The number of urea groups is 1. The van der Waals surface area contributed by atoms with Gasteiger partial charge in [0.2, 0.25) is 0 Å². The van der Waals surface area contributed by atoms with Gasteiger partial charge < -0.3 is 10.2 Å². The minimum absolute atomic E-state index is 0.117. The minimum atomic E-state index is 0.117. The summed E-state index contributed by atoms with van der Waals surface area (Å²) in [4.78, 5) is 13.6. The van der Waals surface area contributed by atoms with Gasteiger partial charge in [0, 0.05) is 19.1 Å². The Labute approximate surface area is 86.9 Å². The van der Waals surface area contributed by atoms with E-state index in [0.717, 1.165) is 38.3 Å². The first-order valence-corrected chi connectivity index (χ1v) is 5.69. The molecule has 1 heterocycles. The number of nitrogens with zero attached hydrogens (tertiary/aromatic N) is 1. The van der Waals surface area contributed by atoms with E-state index < -0.39 is 0 Å². The van der Waals surface area contributed by atoms with Crippen LogP contribution in [0.1, 0.15) is 40.0 Å². The SMILES string of the molecule is CCC(C)NC(=O)N1CCC(C)CC1. The highest BCUT2D eigenvalue weighted by Gasteiger charge is 2.20. The number of piperidine rings is 1. The van der Waals surface area contributed by atoms with E-state index in [1.165, 1.54) is 0 Å². The van der Waals surface area contributed by atoms with E-state index in [4.69, 9.17) is 0 Å². The van der Waals surface area contributed by atoms with Gasteiger partial charge in [-0.05, 0) is 32.1 Å². The molecular formula is C11H22N2O. The van der Waals surface area contributed by atoms with Crippen LogP contribution in [0.5, 0.6) is 0 Å². The number of carbonyl (C=O) groups is 1. The van der Waals surface area contributed by atoms with Gasteiger partial charge in [-0.2, -0.15) is 0 Å². The molecule has 3 heteroatoms. The van der Waals surface area contributed by atoms with E-state index in [9.17, 15) is 4.79 Å². The third kappa shape index (κ3) is 3.20. The maximum absolute atomic E-state index is 11.7. The van der Waals surface area contributed by atoms with E-state index in [1.54, 1.807) is 0 Å². The highest BCUT2D eigenvalue weighted by Crippen LogP contribution is 2.15. The van der Waals surface area contributed by atoms with Crippen LogP contribution >= 0.6 is 0 Å². The molecule has 0 bridgehead atoms. The molecule has 2 amide bonds. The monoisotopic (exact) mass is 198 g/mol. The summed E-state index contributed by atoms with van der Waals surface area (Å²) in [5.74, 6) is 0.780. The summed E-state index contributed by atoms with van der Waals surface area (Å²) in [5.41, 5.74) is 0. The second-order valence-corrected chi connectivity index (χ2v) is 4.43. The maximum atomic E-state index is 11.7. The number of carbonyl (C=O) groups excluding carboxylic acids is 1. The minimum Gasteiger partial charge on any atom is -0.336 e. The molecule has 1 N–H and O–H groups in total. The molecule has 1 fully saturated rings. The van der Waals surface area contributed by atoms with Crippen LogP contribution < -0.4 is 5.32 Å². The number of rotatable bonds is 2. The van der Waals surface area contributed by atoms with Crippen LogP contribution in [0.2, 0.25) is 0 Å². The maximum Gasteiger partial charge on any atom is 0.317 e. The Morgan fingerprint density at radius 1 is 1.50 bits per heavy atom. The van der Waals surface area contributed by atoms with Gasteiger partial charge in [0.1, 0.15) is 0 Å². The van der Waals surface area contributed by atoms with Gasteiger partial charge in [-0.3, -0.25) is 0 Å². The normalized spacial score (nSPS) is 20.6. The van der Waals surface area contributed by atoms with Gasteiger partial charge >= 0.3 is 6.03 Å². The summed E-state index contributed by atoms with van der Waals surface area (Å²) < 4.78 is 0. The third-order valence-electron chi connectivity index (χ3n) is 3.05. The van der Waals surface area contributed by atoms with Crippen molar-refractivity contribution in [3.05, 3.63) is 0 Å². The van der Waals surface area contributed by atoms with Crippen molar-refractivity contribution in [3.63, 3.8) is 0 Å². The Kier molecular flexibility index (Phi) is 4.23. The Hall–Kier alpha value is -0.730. The predicted octanol–water partition coefficient (Wildman–Crippen LogP) is 2.23. The number of likely N-dealkylation sites (tertiary alicyclic amines) is 1. The second-order valence-electron chi connectivity index (χ2n) is 4.43. The van der Waals surface area contributed by atoms with Crippen LogP contribution in [0.4, 0.5) is 4.79 Å². The largest absolute Gasteiger partial charge is 0.336 e. The predicted molar refractivity (Wildman–Crippen MR) is 58.3 cm³/mol. The fourth-order valence-electron chi connectivity index (χ4n) is 1.62. The van der Waals surface area contributed by atoms with Crippen molar-refractivity contribution in [1.29, 1.82) is 0 Å². The van der Waals surface area contributed by atoms with Crippen molar-refractivity contribution in [2.75, 3.05) is 13.1 Å². The Morgan fingerprint density at radius 2 is 2.07 bits per heavy atom. The van der Waals surface area contributed by atoms with Crippen molar-refractivity contribution in [3.8, 4) is 0 Å². The van der Waals surface area contributed by atoms with Crippen molar-refractivity contribution < 1.29 is 4.79 Å². The Balaban J connectivity index is 2.30. The van der Waals surface area contributed by atoms with Gasteiger partial charge in [0.15, 0.2) is 0 Å². The standard InChI is InChI=1S/C11H22N2O/c1-4-10(3)12-11(14)13-7-5-9(2)6-8-13/h9-10H,4-8H2,1-3H3,(H,12,14). The molecule has 3 nitrogen and oxygen atoms in total. The lowest BCUT2D eigenvalue weighted by molar-refractivity contribution is 0.171. The zero-order chi connectivity index (χ0) is 10.6. The average Bonchev–Trinajstić information content (AvgIpc) is 2.18. The topological polar surface area (TPSA) is 32.3 Å². The first-order valence-electron chi connectivity index (χ1n) is 5.69. The van der Waals surface area contributed by atoms with Crippen LogP contribution in [0.25, 0.3) is 0 Å². The second kappa shape index (κ2) is 5.23. The van der Waals surface area contributed by atoms with E-state index in [-0.39, 0.29) is 6.03 Å². The zero-order valence-corrected chi connectivity index (χ0v) is 9.55. The fraction of sp³-hybridized carbons (Fsp3) is 0.909. The van der Waals surface area contributed by atoms with Gasteiger partial charge in [0.05, 0.1) is 0 Å². The summed E-state index contributed by atoms with van der Waals surface area (Å²) in [6.07, 6.45) is 3.29. The van der Waals surface area contributed by atoms with Gasteiger partial charge in [-0.1, -0.05) is 13.8 Å². The Bertz CT molecular complexity index is 186. The lowest BCUT2D eigenvalue weighted by Gasteiger charge is -2.31. The Morgan fingerprint density at radius 3 is 2.57 bits per heavy atom. The quantitative estimate of drug-likeness (QED) is 0.725. The molecule has 0 radical (unpaired) electrons. The highest BCUT2D eigenvalue weighted by atomic mass is 16.2. The lowest BCUT2D eigenvalue weighted by Crippen LogP contribution is -2.46. The van der Waals surface area contributed by atoms with Crippen molar-refractivity contribution in [1.82, 2.24) is 10.2 Å². The first-order chi connectivity index (χ1) is 6.63. The molecule has 1 aliphatic heterocycles. The molecule has 14 heavy (non-hydrogen) atoms. The third-order valence-corrected chi connectivity index (χ3v) is 3.05. The van der Waals surface area contributed by atoms with E-state index in [0.29, 0.717) is 6.04 Å². The number of amides is 2. The van der Waals surface area contributed by atoms with Crippen LogP contribution in [0.15, 0.2) is 0 Å². The van der Waals surface area contributed by atoms with E-state index in [1.807, 2.05) is 11.8 Å². The van der Waals surface area contributed by atoms with Gasteiger partial charge in [-0.15, -0.1) is 0 Å². The van der Waals surface area contributed by atoms with Crippen LogP contribution in [0.3, 0.4) is 0 Å². The molecule has 1 unspecified atom stereocenters. The fourth-order valence-corrected chi connectivity index (χ4v) is 1.62. The van der Waals surface area contributed by atoms with Crippen molar-refractivity contribution in [2.45, 2.75) is 46.1 Å². The molecule has 1 saturated heterocycles. The molecule has 1 atom stereocenters.